The lowest BCUT2D eigenvalue weighted by atomic mass is 10.0. The fourth-order valence-electron chi connectivity index (χ4n) is 2.54. The molecule has 2 atom stereocenters. The quantitative estimate of drug-likeness (QED) is 0.892. The Labute approximate surface area is 107 Å². The van der Waals surface area contributed by atoms with E-state index in [4.69, 9.17) is 0 Å². The Morgan fingerprint density at radius 3 is 2.56 bits per heavy atom. The molecule has 1 aromatic rings. The summed E-state index contributed by atoms with van der Waals surface area (Å²) in [7, 11) is 0. The van der Waals surface area contributed by atoms with Crippen LogP contribution in [0, 0.1) is 11.6 Å². The monoisotopic (exact) mass is 254 g/mol. The molecule has 1 fully saturated rings. The van der Waals surface area contributed by atoms with Crippen molar-refractivity contribution in [3.63, 3.8) is 0 Å². The van der Waals surface area contributed by atoms with Gasteiger partial charge >= 0.3 is 0 Å². The van der Waals surface area contributed by atoms with Crippen LogP contribution in [-0.2, 0) is 0 Å². The zero-order valence-electron chi connectivity index (χ0n) is 10.9. The highest BCUT2D eigenvalue weighted by molar-refractivity contribution is 5.48. The minimum Gasteiger partial charge on any atom is -0.366 e. The first-order valence-corrected chi connectivity index (χ1v) is 6.56. The molecule has 1 aromatic carbocycles. The van der Waals surface area contributed by atoms with Crippen LogP contribution in [-0.4, -0.2) is 25.2 Å². The minimum absolute atomic E-state index is 0.249. The standard InChI is InChI=1S/C14H20F2N2/c1-3-4-13-9-18(10(2)8-17-13)14-6-11(15)5-12(16)7-14/h5-7,10,13,17H,3-4,8-9H2,1-2H3. The summed E-state index contributed by atoms with van der Waals surface area (Å²) in [5, 5.41) is 3.47. The molecule has 1 N–H and O–H groups in total. The van der Waals surface area contributed by atoms with E-state index in [0.717, 1.165) is 32.0 Å². The summed E-state index contributed by atoms with van der Waals surface area (Å²) in [4.78, 5) is 2.09. The van der Waals surface area contributed by atoms with Crippen molar-refractivity contribution < 1.29 is 8.78 Å². The summed E-state index contributed by atoms with van der Waals surface area (Å²) >= 11 is 0. The first kappa shape index (κ1) is 13.3. The van der Waals surface area contributed by atoms with Gasteiger partial charge in [-0.25, -0.2) is 8.78 Å². The van der Waals surface area contributed by atoms with Gasteiger partial charge in [-0.15, -0.1) is 0 Å². The summed E-state index contributed by atoms with van der Waals surface area (Å²) in [5.74, 6) is -1.02. The largest absolute Gasteiger partial charge is 0.366 e. The Morgan fingerprint density at radius 2 is 1.94 bits per heavy atom. The van der Waals surface area contributed by atoms with E-state index in [1.54, 1.807) is 0 Å². The van der Waals surface area contributed by atoms with Crippen LogP contribution in [0.25, 0.3) is 0 Å². The molecule has 1 saturated heterocycles. The fourth-order valence-corrected chi connectivity index (χ4v) is 2.54. The van der Waals surface area contributed by atoms with Crippen molar-refractivity contribution in [2.75, 3.05) is 18.0 Å². The number of rotatable bonds is 3. The van der Waals surface area contributed by atoms with Gasteiger partial charge in [-0.1, -0.05) is 13.3 Å². The lowest BCUT2D eigenvalue weighted by molar-refractivity contribution is 0.385. The maximum absolute atomic E-state index is 13.3. The first-order chi connectivity index (χ1) is 8.60. The smallest absolute Gasteiger partial charge is 0.128 e. The molecule has 0 amide bonds. The Kier molecular flexibility index (Phi) is 4.17. The van der Waals surface area contributed by atoms with E-state index < -0.39 is 11.6 Å². The number of benzene rings is 1. The molecule has 0 radical (unpaired) electrons. The Balaban J connectivity index is 2.18. The maximum Gasteiger partial charge on any atom is 0.128 e. The van der Waals surface area contributed by atoms with Crippen LogP contribution in [0.15, 0.2) is 18.2 Å². The van der Waals surface area contributed by atoms with Gasteiger partial charge in [0.15, 0.2) is 0 Å². The van der Waals surface area contributed by atoms with Crippen LogP contribution in [0.1, 0.15) is 26.7 Å². The molecular formula is C14H20F2N2. The summed E-state index contributed by atoms with van der Waals surface area (Å²) < 4.78 is 26.5. The number of halogens is 2. The highest BCUT2D eigenvalue weighted by atomic mass is 19.1. The van der Waals surface area contributed by atoms with Crippen molar-refractivity contribution in [3.8, 4) is 0 Å². The SMILES string of the molecule is CCCC1CN(c2cc(F)cc(F)c2)C(C)CN1. The predicted molar refractivity (Wildman–Crippen MR) is 69.9 cm³/mol. The van der Waals surface area contributed by atoms with E-state index in [1.165, 1.54) is 12.1 Å². The van der Waals surface area contributed by atoms with Gasteiger partial charge in [-0.2, -0.15) is 0 Å². The van der Waals surface area contributed by atoms with Gasteiger partial charge in [0, 0.05) is 36.9 Å². The summed E-state index contributed by atoms with van der Waals surface area (Å²) in [5.41, 5.74) is 0.641. The summed E-state index contributed by atoms with van der Waals surface area (Å²) in [6.45, 7) is 5.87. The van der Waals surface area contributed by atoms with Gasteiger partial charge in [-0.05, 0) is 25.5 Å². The average Bonchev–Trinajstić information content (AvgIpc) is 2.30. The second-order valence-corrected chi connectivity index (χ2v) is 5.02. The second-order valence-electron chi connectivity index (χ2n) is 5.02. The van der Waals surface area contributed by atoms with Crippen molar-refractivity contribution in [1.82, 2.24) is 5.32 Å². The van der Waals surface area contributed by atoms with Gasteiger partial charge in [0.25, 0.3) is 0 Å². The van der Waals surface area contributed by atoms with Crippen LogP contribution in [0.4, 0.5) is 14.5 Å². The molecule has 0 aromatic heterocycles. The molecule has 0 aliphatic carbocycles. The minimum atomic E-state index is -0.511. The van der Waals surface area contributed by atoms with Gasteiger partial charge in [0.05, 0.1) is 0 Å². The van der Waals surface area contributed by atoms with E-state index in [2.05, 4.69) is 24.1 Å². The van der Waals surface area contributed by atoms with Gasteiger partial charge in [0.2, 0.25) is 0 Å². The highest BCUT2D eigenvalue weighted by Crippen LogP contribution is 2.23. The third-order valence-electron chi connectivity index (χ3n) is 3.47. The molecule has 2 nitrogen and oxygen atoms in total. The van der Waals surface area contributed by atoms with E-state index in [1.807, 2.05) is 0 Å². The Bertz CT molecular complexity index is 389. The number of anilines is 1. The maximum atomic E-state index is 13.3. The normalized spacial score (nSPS) is 24.3. The molecule has 0 spiro atoms. The number of hydrogen-bond donors (Lipinski definition) is 1. The average molecular weight is 254 g/mol. The molecule has 18 heavy (non-hydrogen) atoms. The molecule has 2 rings (SSSR count). The zero-order valence-corrected chi connectivity index (χ0v) is 10.9. The van der Waals surface area contributed by atoms with Crippen LogP contribution in [0.2, 0.25) is 0 Å². The molecule has 2 unspecified atom stereocenters. The topological polar surface area (TPSA) is 15.3 Å². The lowest BCUT2D eigenvalue weighted by Gasteiger charge is -2.40. The fraction of sp³-hybridized carbons (Fsp3) is 0.571. The second kappa shape index (κ2) is 5.65. The molecular weight excluding hydrogens is 234 g/mol. The molecule has 1 heterocycles. The Hall–Kier alpha value is -1.16. The van der Waals surface area contributed by atoms with Gasteiger partial charge in [-0.3, -0.25) is 0 Å². The van der Waals surface area contributed by atoms with Crippen LogP contribution in [0.3, 0.4) is 0 Å². The molecule has 0 bridgehead atoms. The predicted octanol–water partition coefficient (Wildman–Crippen LogP) is 2.93. The molecule has 1 aliphatic heterocycles. The highest BCUT2D eigenvalue weighted by Gasteiger charge is 2.25. The van der Waals surface area contributed by atoms with E-state index in [-0.39, 0.29) is 6.04 Å². The van der Waals surface area contributed by atoms with Crippen LogP contribution < -0.4 is 10.2 Å². The number of piperazine rings is 1. The van der Waals surface area contributed by atoms with Crippen molar-refractivity contribution >= 4 is 5.69 Å². The summed E-state index contributed by atoms with van der Waals surface area (Å²) in [6, 6.07) is 4.39. The third-order valence-corrected chi connectivity index (χ3v) is 3.47. The summed E-state index contributed by atoms with van der Waals surface area (Å²) in [6.07, 6.45) is 2.19. The van der Waals surface area contributed by atoms with E-state index in [9.17, 15) is 8.78 Å². The van der Waals surface area contributed by atoms with Crippen molar-refractivity contribution in [3.05, 3.63) is 29.8 Å². The molecule has 4 heteroatoms. The number of nitrogens with zero attached hydrogens (tertiary/aromatic N) is 1. The Morgan fingerprint density at radius 1 is 1.28 bits per heavy atom. The zero-order chi connectivity index (χ0) is 13.1. The lowest BCUT2D eigenvalue weighted by Crippen LogP contribution is -2.55. The van der Waals surface area contributed by atoms with Crippen molar-refractivity contribution in [1.29, 1.82) is 0 Å². The van der Waals surface area contributed by atoms with Crippen molar-refractivity contribution in [2.24, 2.45) is 0 Å². The number of nitrogens with one attached hydrogen (secondary N) is 1. The molecule has 0 saturated carbocycles. The third kappa shape index (κ3) is 2.99. The van der Waals surface area contributed by atoms with E-state index >= 15 is 0 Å². The molecule has 100 valence electrons. The van der Waals surface area contributed by atoms with Gasteiger partial charge < -0.3 is 10.2 Å². The first-order valence-electron chi connectivity index (χ1n) is 6.56. The van der Waals surface area contributed by atoms with Crippen LogP contribution in [0.5, 0.6) is 0 Å². The van der Waals surface area contributed by atoms with E-state index in [0.29, 0.717) is 11.7 Å². The number of hydrogen-bond acceptors (Lipinski definition) is 2. The van der Waals surface area contributed by atoms with Crippen LogP contribution >= 0.6 is 0 Å². The van der Waals surface area contributed by atoms with Crippen molar-refractivity contribution in [2.45, 2.75) is 38.8 Å². The molecule has 1 aliphatic rings. The van der Waals surface area contributed by atoms with Gasteiger partial charge in [0.1, 0.15) is 11.6 Å².